The molecule has 0 aliphatic rings. The van der Waals surface area contributed by atoms with Gasteiger partial charge in [0.15, 0.2) is 0 Å². The number of ether oxygens (including phenoxy) is 1. The second kappa shape index (κ2) is 8.04. The topological polar surface area (TPSA) is 72.5 Å². The van der Waals surface area contributed by atoms with Gasteiger partial charge in [-0.05, 0) is 36.8 Å². The van der Waals surface area contributed by atoms with Crippen LogP contribution in [0.1, 0.15) is 25.7 Å². The van der Waals surface area contributed by atoms with E-state index in [1.165, 1.54) is 18.4 Å². The van der Waals surface area contributed by atoms with Crippen LogP contribution in [0.5, 0.6) is 5.75 Å². The molecule has 0 saturated carbocycles. The van der Waals surface area contributed by atoms with Gasteiger partial charge in [-0.25, -0.2) is 13.1 Å². The first-order valence-electron chi connectivity index (χ1n) is 8.23. The fourth-order valence-corrected chi connectivity index (χ4v) is 4.82. The third-order valence-electron chi connectivity index (χ3n) is 3.97. The zero-order valence-corrected chi connectivity index (χ0v) is 16.6. The molecule has 1 N–H and O–H groups in total. The number of ketones is 1. The molecule has 27 heavy (non-hydrogen) atoms. The van der Waals surface area contributed by atoms with Crippen molar-refractivity contribution in [2.45, 2.75) is 18.4 Å². The number of hydrogen-bond donors (Lipinski definition) is 1. The summed E-state index contributed by atoms with van der Waals surface area (Å²) in [6.07, 6.45) is 0. The smallest absolute Gasteiger partial charge is 0.244 e. The van der Waals surface area contributed by atoms with Gasteiger partial charge in [-0.3, -0.25) is 4.79 Å². The van der Waals surface area contributed by atoms with Crippen LogP contribution >= 0.6 is 11.3 Å². The van der Waals surface area contributed by atoms with Gasteiger partial charge in [-0.15, -0.1) is 11.3 Å². The van der Waals surface area contributed by atoms with Crippen LogP contribution in [-0.2, 0) is 16.6 Å². The molecule has 1 aromatic heterocycles. The standard InChI is InChI=1S/C20H19NO4S2/c1-14-8-10-17(25-2)19(12-14)27(23,24)21-13-16-9-11-18(26-16)20(22)15-6-4-3-5-7-15/h3-12,21H,13H2,1-2H3. The third-order valence-corrected chi connectivity index (χ3v) is 6.47. The Morgan fingerprint density at radius 1 is 1.07 bits per heavy atom. The third kappa shape index (κ3) is 4.44. The highest BCUT2D eigenvalue weighted by molar-refractivity contribution is 7.89. The molecule has 0 aliphatic carbocycles. The van der Waals surface area contributed by atoms with E-state index in [1.54, 1.807) is 42.5 Å². The number of nitrogens with one attached hydrogen (secondary N) is 1. The predicted molar refractivity (Wildman–Crippen MR) is 106 cm³/mol. The Balaban J connectivity index is 1.75. The number of aryl methyl sites for hydroxylation is 1. The van der Waals surface area contributed by atoms with Gasteiger partial charge in [0.25, 0.3) is 0 Å². The van der Waals surface area contributed by atoms with Crippen molar-refractivity contribution in [3.8, 4) is 5.75 Å². The maximum absolute atomic E-state index is 12.6. The van der Waals surface area contributed by atoms with E-state index in [4.69, 9.17) is 4.74 Å². The van der Waals surface area contributed by atoms with Gasteiger partial charge in [0.1, 0.15) is 10.6 Å². The molecule has 0 saturated heterocycles. The van der Waals surface area contributed by atoms with Crippen molar-refractivity contribution in [2.75, 3.05) is 7.11 Å². The molecular weight excluding hydrogens is 382 g/mol. The Bertz CT molecular complexity index is 1060. The van der Waals surface area contributed by atoms with Crippen molar-refractivity contribution in [3.05, 3.63) is 81.5 Å². The molecule has 0 radical (unpaired) electrons. The molecular formula is C20H19NO4S2. The Morgan fingerprint density at radius 2 is 1.81 bits per heavy atom. The zero-order chi connectivity index (χ0) is 19.4. The Morgan fingerprint density at radius 3 is 2.52 bits per heavy atom. The molecule has 0 amide bonds. The minimum atomic E-state index is -3.74. The van der Waals surface area contributed by atoms with Gasteiger partial charge in [-0.2, -0.15) is 0 Å². The van der Waals surface area contributed by atoms with Crippen LogP contribution in [0.15, 0.2) is 65.6 Å². The van der Waals surface area contributed by atoms with Crippen LogP contribution in [0.25, 0.3) is 0 Å². The van der Waals surface area contributed by atoms with E-state index in [-0.39, 0.29) is 17.2 Å². The van der Waals surface area contributed by atoms with E-state index >= 15 is 0 Å². The first-order chi connectivity index (χ1) is 12.9. The highest BCUT2D eigenvalue weighted by Crippen LogP contribution is 2.25. The molecule has 3 rings (SSSR count). The molecule has 0 aliphatic heterocycles. The molecule has 0 fully saturated rings. The summed E-state index contributed by atoms with van der Waals surface area (Å²) in [6.45, 7) is 1.92. The Kier molecular flexibility index (Phi) is 5.74. The van der Waals surface area contributed by atoms with Crippen LogP contribution < -0.4 is 9.46 Å². The number of hydrogen-bond acceptors (Lipinski definition) is 5. The van der Waals surface area contributed by atoms with E-state index in [0.717, 1.165) is 10.4 Å². The van der Waals surface area contributed by atoms with E-state index in [1.807, 2.05) is 25.1 Å². The van der Waals surface area contributed by atoms with E-state index in [9.17, 15) is 13.2 Å². The van der Waals surface area contributed by atoms with E-state index < -0.39 is 10.0 Å². The molecule has 2 aromatic carbocycles. The molecule has 5 nitrogen and oxygen atoms in total. The SMILES string of the molecule is COc1ccc(C)cc1S(=O)(=O)NCc1ccc(C(=O)c2ccccc2)s1. The molecule has 7 heteroatoms. The summed E-state index contributed by atoms with van der Waals surface area (Å²) < 4.78 is 33.0. The minimum Gasteiger partial charge on any atom is -0.495 e. The number of carbonyl (C=O) groups excluding carboxylic acids is 1. The van der Waals surface area contributed by atoms with E-state index in [0.29, 0.717) is 16.2 Å². The number of thiophene rings is 1. The average Bonchev–Trinajstić information content (AvgIpc) is 3.15. The summed E-state index contributed by atoms with van der Waals surface area (Å²) in [4.78, 5) is 13.9. The van der Waals surface area contributed by atoms with Crippen LogP contribution in [0, 0.1) is 6.92 Å². The highest BCUT2D eigenvalue weighted by Gasteiger charge is 2.20. The van der Waals surface area contributed by atoms with Crippen LogP contribution in [0.3, 0.4) is 0 Å². The van der Waals surface area contributed by atoms with Crippen molar-refractivity contribution in [1.82, 2.24) is 4.72 Å². The lowest BCUT2D eigenvalue weighted by atomic mass is 10.1. The van der Waals surface area contributed by atoms with Crippen molar-refractivity contribution in [2.24, 2.45) is 0 Å². The molecule has 0 spiro atoms. The Hall–Kier alpha value is -2.48. The fraction of sp³-hybridized carbons (Fsp3) is 0.150. The van der Waals surface area contributed by atoms with Gasteiger partial charge in [0.05, 0.1) is 12.0 Å². The monoisotopic (exact) mass is 401 g/mol. The second-order valence-corrected chi connectivity index (χ2v) is 8.84. The number of rotatable bonds is 7. The predicted octanol–water partition coefficient (Wildman–Crippen LogP) is 3.77. The molecule has 140 valence electrons. The first-order valence-corrected chi connectivity index (χ1v) is 10.5. The first kappa shape index (κ1) is 19.3. The number of sulfonamides is 1. The molecule has 3 aromatic rings. The lowest BCUT2D eigenvalue weighted by Crippen LogP contribution is -2.23. The summed E-state index contributed by atoms with van der Waals surface area (Å²) in [5.41, 5.74) is 1.43. The summed E-state index contributed by atoms with van der Waals surface area (Å²) in [6, 6.07) is 17.5. The second-order valence-electron chi connectivity index (χ2n) is 5.94. The minimum absolute atomic E-state index is 0.0740. The van der Waals surface area contributed by atoms with Crippen LogP contribution in [-0.4, -0.2) is 21.3 Å². The molecule has 0 atom stereocenters. The average molecular weight is 402 g/mol. The molecule has 0 bridgehead atoms. The summed E-state index contributed by atoms with van der Waals surface area (Å²) >= 11 is 1.28. The lowest BCUT2D eigenvalue weighted by Gasteiger charge is -2.11. The van der Waals surface area contributed by atoms with Crippen LogP contribution in [0.2, 0.25) is 0 Å². The summed E-state index contributed by atoms with van der Waals surface area (Å²) in [7, 11) is -2.31. The van der Waals surface area contributed by atoms with Crippen molar-refractivity contribution >= 4 is 27.1 Å². The van der Waals surface area contributed by atoms with Gasteiger partial charge < -0.3 is 4.74 Å². The van der Waals surface area contributed by atoms with Gasteiger partial charge >= 0.3 is 0 Å². The van der Waals surface area contributed by atoms with Gasteiger partial charge in [0, 0.05) is 17.0 Å². The summed E-state index contributed by atoms with van der Waals surface area (Å²) in [5, 5.41) is 0. The highest BCUT2D eigenvalue weighted by atomic mass is 32.2. The number of methoxy groups -OCH3 is 1. The van der Waals surface area contributed by atoms with Crippen molar-refractivity contribution in [3.63, 3.8) is 0 Å². The van der Waals surface area contributed by atoms with Crippen molar-refractivity contribution < 1.29 is 17.9 Å². The number of carbonyl (C=O) groups is 1. The quantitative estimate of drug-likeness (QED) is 0.612. The fourth-order valence-electron chi connectivity index (χ4n) is 2.56. The molecule has 0 unspecified atom stereocenters. The normalized spacial score (nSPS) is 11.3. The zero-order valence-electron chi connectivity index (χ0n) is 14.9. The van der Waals surface area contributed by atoms with Gasteiger partial charge in [-0.1, -0.05) is 36.4 Å². The van der Waals surface area contributed by atoms with Crippen molar-refractivity contribution in [1.29, 1.82) is 0 Å². The van der Waals surface area contributed by atoms with Gasteiger partial charge in [0.2, 0.25) is 15.8 Å². The largest absolute Gasteiger partial charge is 0.495 e. The number of benzene rings is 2. The summed E-state index contributed by atoms with van der Waals surface area (Å²) in [5.74, 6) is 0.217. The lowest BCUT2D eigenvalue weighted by molar-refractivity contribution is 0.104. The van der Waals surface area contributed by atoms with Crippen LogP contribution in [0.4, 0.5) is 0 Å². The maximum Gasteiger partial charge on any atom is 0.244 e. The Labute approximate surface area is 162 Å². The van der Waals surface area contributed by atoms with E-state index in [2.05, 4.69) is 4.72 Å². The maximum atomic E-state index is 12.6. The molecule has 1 heterocycles.